The summed E-state index contributed by atoms with van der Waals surface area (Å²) >= 11 is 3.04. The Morgan fingerprint density at radius 3 is 2.73 bits per heavy atom. The largest absolute Gasteiger partial charge is 0.301 e. The second-order valence-corrected chi connectivity index (χ2v) is 7.10. The Hall–Kier alpha value is -1.85. The molecular weight excluding hydrogens is 312 g/mol. The van der Waals surface area contributed by atoms with Gasteiger partial charge in [0.25, 0.3) is 0 Å². The van der Waals surface area contributed by atoms with E-state index in [1.54, 1.807) is 0 Å². The van der Waals surface area contributed by atoms with E-state index in [0.29, 0.717) is 10.9 Å². The number of thiazole rings is 1. The highest BCUT2D eigenvalue weighted by atomic mass is 32.2. The van der Waals surface area contributed by atoms with Gasteiger partial charge in [-0.1, -0.05) is 35.6 Å². The summed E-state index contributed by atoms with van der Waals surface area (Å²) in [6, 6.07) is 14.1. The number of carbonyl (C=O) groups excluding carboxylic acids is 1. The van der Waals surface area contributed by atoms with Crippen molar-refractivity contribution in [3.8, 4) is 0 Å². The first-order valence-corrected chi connectivity index (χ1v) is 8.78. The van der Waals surface area contributed by atoms with Crippen molar-refractivity contribution in [3.05, 3.63) is 53.6 Å². The molecule has 0 saturated carbocycles. The second-order valence-electron chi connectivity index (χ2n) is 5.02. The Morgan fingerprint density at radius 1 is 1.18 bits per heavy atom. The van der Waals surface area contributed by atoms with Crippen LogP contribution in [0.1, 0.15) is 11.1 Å². The number of amides is 1. The summed E-state index contributed by atoms with van der Waals surface area (Å²) in [6.45, 7) is 4.14. The summed E-state index contributed by atoms with van der Waals surface area (Å²) in [5, 5.41) is 3.56. The number of carbonyl (C=O) groups is 1. The minimum atomic E-state index is -0.0257. The number of aryl methyl sites for hydroxylation is 2. The summed E-state index contributed by atoms with van der Waals surface area (Å²) in [5.41, 5.74) is 3.37. The van der Waals surface area contributed by atoms with E-state index in [4.69, 9.17) is 0 Å². The highest BCUT2D eigenvalue weighted by Crippen LogP contribution is 2.29. The third kappa shape index (κ3) is 3.31. The van der Waals surface area contributed by atoms with Crippen molar-refractivity contribution in [3.63, 3.8) is 0 Å². The van der Waals surface area contributed by atoms with E-state index in [1.165, 1.54) is 34.2 Å². The minimum absolute atomic E-state index is 0.0257. The normalized spacial score (nSPS) is 10.8. The first-order chi connectivity index (χ1) is 10.6. The van der Waals surface area contributed by atoms with Crippen LogP contribution in [0, 0.1) is 13.8 Å². The molecule has 0 atom stereocenters. The third-order valence-electron chi connectivity index (χ3n) is 3.44. The lowest BCUT2D eigenvalue weighted by Crippen LogP contribution is -2.13. The Balaban J connectivity index is 1.68. The smallest absolute Gasteiger partial charge is 0.236 e. The van der Waals surface area contributed by atoms with Crippen molar-refractivity contribution < 1.29 is 4.79 Å². The zero-order chi connectivity index (χ0) is 15.5. The van der Waals surface area contributed by atoms with Crippen LogP contribution >= 0.6 is 23.1 Å². The average molecular weight is 328 g/mol. The number of benzene rings is 2. The maximum atomic E-state index is 12.0. The molecule has 0 fully saturated rings. The maximum absolute atomic E-state index is 12.0. The SMILES string of the molecule is Cc1ccc2sc(NC(=O)CSc3ccccc3)nc2c1C. The summed E-state index contributed by atoms with van der Waals surface area (Å²) in [5.74, 6) is 0.361. The number of nitrogens with zero attached hydrogens (tertiary/aromatic N) is 1. The monoisotopic (exact) mass is 328 g/mol. The quantitative estimate of drug-likeness (QED) is 0.709. The van der Waals surface area contributed by atoms with Crippen LogP contribution in [0.15, 0.2) is 47.4 Å². The molecule has 2 aromatic carbocycles. The van der Waals surface area contributed by atoms with Gasteiger partial charge in [-0.15, -0.1) is 11.8 Å². The zero-order valence-electron chi connectivity index (χ0n) is 12.4. The van der Waals surface area contributed by atoms with E-state index in [-0.39, 0.29) is 5.91 Å². The van der Waals surface area contributed by atoms with E-state index in [2.05, 4.69) is 36.3 Å². The van der Waals surface area contributed by atoms with E-state index >= 15 is 0 Å². The van der Waals surface area contributed by atoms with Crippen LogP contribution in [0.25, 0.3) is 10.2 Å². The number of thioether (sulfide) groups is 1. The molecule has 1 heterocycles. The van der Waals surface area contributed by atoms with Gasteiger partial charge in [-0.3, -0.25) is 4.79 Å². The van der Waals surface area contributed by atoms with Gasteiger partial charge in [0.1, 0.15) is 0 Å². The fourth-order valence-corrected chi connectivity index (χ4v) is 3.76. The number of hydrogen-bond acceptors (Lipinski definition) is 4. The summed E-state index contributed by atoms with van der Waals surface area (Å²) < 4.78 is 1.11. The van der Waals surface area contributed by atoms with Gasteiger partial charge in [0.05, 0.1) is 16.0 Å². The van der Waals surface area contributed by atoms with E-state index in [0.717, 1.165) is 15.1 Å². The number of anilines is 1. The summed E-state index contributed by atoms with van der Waals surface area (Å²) in [4.78, 5) is 17.7. The molecule has 5 heteroatoms. The van der Waals surface area contributed by atoms with Gasteiger partial charge in [-0.05, 0) is 43.2 Å². The van der Waals surface area contributed by atoms with Crippen LogP contribution in [0.5, 0.6) is 0 Å². The highest BCUT2D eigenvalue weighted by Gasteiger charge is 2.10. The van der Waals surface area contributed by atoms with Gasteiger partial charge in [0, 0.05) is 4.90 Å². The molecule has 112 valence electrons. The number of hydrogen-bond donors (Lipinski definition) is 1. The molecule has 3 aromatic rings. The first kappa shape index (κ1) is 15.1. The van der Waals surface area contributed by atoms with Gasteiger partial charge in [-0.2, -0.15) is 0 Å². The fourth-order valence-electron chi connectivity index (χ4n) is 2.10. The van der Waals surface area contributed by atoms with Gasteiger partial charge in [0.2, 0.25) is 5.91 Å². The lowest BCUT2D eigenvalue weighted by atomic mass is 10.1. The molecule has 3 rings (SSSR count). The van der Waals surface area contributed by atoms with Gasteiger partial charge in [0.15, 0.2) is 5.13 Å². The highest BCUT2D eigenvalue weighted by molar-refractivity contribution is 8.00. The van der Waals surface area contributed by atoms with Crippen LogP contribution in [-0.2, 0) is 4.79 Å². The molecule has 3 nitrogen and oxygen atoms in total. The predicted octanol–water partition coefficient (Wildman–Crippen LogP) is 4.64. The Bertz CT molecular complexity index is 812. The van der Waals surface area contributed by atoms with Crippen LogP contribution in [0.2, 0.25) is 0 Å². The number of rotatable bonds is 4. The minimum Gasteiger partial charge on any atom is -0.301 e. The molecule has 1 aromatic heterocycles. The number of fused-ring (bicyclic) bond motifs is 1. The fraction of sp³-hybridized carbons (Fsp3) is 0.176. The Labute approximate surface area is 137 Å². The van der Waals surface area contributed by atoms with Crippen molar-refractivity contribution in [2.75, 3.05) is 11.1 Å². The van der Waals surface area contributed by atoms with Gasteiger partial charge in [-0.25, -0.2) is 4.98 Å². The predicted molar refractivity (Wildman–Crippen MR) is 94.9 cm³/mol. The molecule has 0 saturated heterocycles. The van der Waals surface area contributed by atoms with Crippen molar-refractivity contribution in [1.29, 1.82) is 0 Å². The molecule has 0 radical (unpaired) electrons. The molecule has 0 aliphatic rings. The number of nitrogens with one attached hydrogen (secondary N) is 1. The van der Waals surface area contributed by atoms with Crippen LogP contribution in [0.3, 0.4) is 0 Å². The van der Waals surface area contributed by atoms with E-state index < -0.39 is 0 Å². The van der Waals surface area contributed by atoms with Crippen LogP contribution < -0.4 is 5.32 Å². The van der Waals surface area contributed by atoms with Crippen LogP contribution in [0.4, 0.5) is 5.13 Å². The average Bonchev–Trinajstić information content (AvgIpc) is 2.93. The van der Waals surface area contributed by atoms with E-state index in [1.807, 2.05) is 30.3 Å². The van der Waals surface area contributed by atoms with Crippen molar-refractivity contribution in [1.82, 2.24) is 4.98 Å². The molecule has 0 bridgehead atoms. The number of aromatic nitrogens is 1. The van der Waals surface area contributed by atoms with Crippen molar-refractivity contribution >= 4 is 44.4 Å². The molecule has 22 heavy (non-hydrogen) atoms. The second kappa shape index (κ2) is 6.50. The molecule has 0 aliphatic carbocycles. The molecule has 1 N–H and O–H groups in total. The van der Waals surface area contributed by atoms with Crippen LogP contribution in [-0.4, -0.2) is 16.6 Å². The zero-order valence-corrected chi connectivity index (χ0v) is 14.1. The third-order valence-corrected chi connectivity index (χ3v) is 5.39. The van der Waals surface area contributed by atoms with Gasteiger partial charge >= 0.3 is 0 Å². The van der Waals surface area contributed by atoms with Crippen molar-refractivity contribution in [2.45, 2.75) is 18.7 Å². The molecule has 1 amide bonds. The Morgan fingerprint density at radius 2 is 1.95 bits per heavy atom. The van der Waals surface area contributed by atoms with Crippen molar-refractivity contribution in [2.24, 2.45) is 0 Å². The van der Waals surface area contributed by atoms with Gasteiger partial charge < -0.3 is 5.32 Å². The maximum Gasteiger partial charge on any atom is 0.236 e. The van der Waals surface area contributed by atoms with E-state index in [9.17, 15) is 4.79 Å². The summed E-state index contributed by atoms with van der Waals surface area (Å²) in [7, 11) is 0. The summed E-state index contributed by atoms with van der Waals surface area (Å²) in [6.07, 6.45) is 0. The lowest BCUT2D eigenvalue weighted by molar-refractivity contribution is -0.113. The molecule has 0 spiro atoms. The topological polar surface area (TPSA) is 42.0 Å². The molecular formula is C17H16N2OS2. The first-order valence-electron chi connectivity index (χ1n) is 6.98. The standard InChI is InChI=1S/C17H16N2OS2/c1-11-8-9-14-16(12(11)2)19-17(22-14)18-15(20)10-21-13-6-4-3-5-7-13/h3-9H,10H2,1-2H3,(H,18,19,20). The molecule has 0 unspecified atom stereocenters. The molecule has 0 aliphatic heterocycles. The Kier molecular flexibility index (Phi) is 4.45. The lowest BCUT2D eigenvalue weighted by Gasteiger charge is -2.01.